The first-order valence-electron chi connectivity index (χ1n) is 6.38. The molecule has 6 heteroatoms. The zero-order valence-corrected chi connectivity index (χ0v) is 11.8. The number of aryl methyl sites for hydroxylation is 2. The molecule has 100 valence electrons. The van der Waals surface area contributed by atoms with Gasteiger partial charge in [-0.3, -0.25) is 4.79 Å². The van der Waals surface area contributed by atoms with E-state index in [1.54, 1.807) is 23.6 Å². The van der Waals surface area contributed by atoms with Crippen LogP contribution in [0.25, 0.3) is 0 Å². The highest BCUT2D eigenvalue weighted by atomic mass is 32.1. The van der Waals surface area contributed by atoms with Gasteiger partial charge >= 0.3 is 0 Å². The number of hydrogen-bond acceptors (Lipinski definition) is 5. The lowest BCUT2D eigenvalue weighted by Crippen LogP contribution is -2.23. The van der Waals surface area contributed by atoms with E-state index in [2.05, 4.69) is 15.4 Å². The van der Waals surface area contributed by atoms with E-state index in [1.807, 2.05) is 13.8 Å². The minimum Gasteiger partial charge on any atom is -0.381 e. The van der Waals surface area contributed by atoms with Crippen molar-refractivity contribution >= 4 is 17.0 Å². The zero-order chi connectivity index (χ0) is 13.4. The Kier molecular flexibility index (Phi) is 3.10. The Morgan fingerprint density at radius 2 is 2.26 bits per heavy atom. The molecule has 1 fully saturated rings. The fraction of sp³-hybridized carbons (Fsp3) is 0.462. The van der Waals surface area contributed by atoms with Crippen molar-refractivity contribution in [1.82, 2.24) is 14.8 Å². The quantitative estimate of drug-likeness (QED) is 0.927. The van der Waals surface area contributed by atoms with Gasteiger partial charge in [-0.05, 0) is 26.7 Å². The molecule has 3 rings (SSSR count). The number of anilines is 1. The zero-order valence-electron chi connectivity index (χ0n) is 11.0. The number of rotatable bonds is 4. The molecule has 0 unspecified atom stereocenters. The summed E-state index contributed by atoms with van der Waals surface area (Å²) in [5, 5.41) is 8.40. The van der Waals surface area contributed by atoms with Crippen molar-refractivity contribution < 1.29 is 0 Å². The first-order chi connectivity index (χ1) is 9.11. The Morgan fingerprint density at radius 3 is 2.84 bits per heavy atom. The molecule has 0 radical (unpaired) electrons. The van der Waals surface area contributed by atoms with Crippen LogP contribution >= 0.6 is 11.3 Å². The maximum atomic E-state index is 12.0. The number of nitrogens with zero attached hydrogens (tertiary/aromatic N) is 3. The molecule has 0 amide bonds. The van der Waals surface area contributed by atoms with Crippen LogP contribution < -0.4 is 10.9 Å². The van der Waals surface area contributed by atoms with Crippen molar-refractivity contribution in [3.05, 3.63) is 38.2 Å². The van der Waals surface area contributed by atoms with Gasteiger partial charge in [0.25, 0.3) is 5.56 Å². The highest BCUT2D eigenvalue weighted by Gasteiger charge is 2.21. The van der Waals surface area contributed by atoms with Crippen molar-refractivity contribution in [2.75, 3.05) is 5.32 Å². The second-order valence-electron chi connectivity index (χ2n) is 4.91. The van der Waals surface area contributed by atoms with Crippen molar-refractivity contribution in [2.45, 2.75) is 39.3 Å². The summed E-state index contributed by atoms with van der Waals surface area (Å²) in [5.74, 6) is 0. The summed E-state index contributed by atoms with van der Waals surface area (Å²) in [7, 11) is 0. The van der Waals surface area contributed by atoms with E-state index in [0.717, 1.165) is 16.4 Å². The van der Waals surface area contributed by atoms with E-state index in [1.165, 1.54) is 22.4 Å². The van der Waals surface area contributed by atoms with Gasteiger partial charge in [0, 0.05) is 17.0 Å². The van der Waals surface area contributed by atoms with E-state index in [9.17, 15) is 4.79 Å². The van der Waals surface area contributed by atoms with Gasteiger partial charge in [0.1, 0.15) is 5.01 Å². The van der Waals surface area contributed by atoms with Crippen molar-refractivity contribution in [2.24, 2.45) is 0 Å². The van der Waals surface area contributed by atoms with Crippen molar-refractivity contribution in [3.63, 3.8) is 0 Å². The summed E-state index contributed by atoms with van der Waals surface area (Å²) < 4.78 is 1.45. The van der Waals surface area contributed by atoms with Gasteiger partial charge in [-0.1, -0.05) is 0 Å². The van der Waals surface area contributed by atoms with Gasteiger partial charge in [0.15, 0.2) is 0 Å². The van der Waals surface area contributed by atoms with E-state index in [0.29, 0.717) is 12.6 Å². The maximum Gasteiger partial charge on any atom is 0.269 e. The average molecular weight is 276 g/mol. The van der Waals surface area contributed by atoms with Gasteiger partial charge in [0.2, 0.25) is 0 Å². The summed E-state index contributed by atoms with van der Waals surface area (Å²) in [4.78, 5) is 17.6. The van der Waals surface area contributed by atoms with Gasteiger partial charge in [-0.2, -0.15) is 5.10 Å². The molecule has 1 N–H and O–H groups in total. The molecular formula is C13H16N4OS. The second kappa shape index (κ2) is 4.77. The molecular weight excluding hydrogens is 260 g/mol. The normalized spacial score (nSPS) is 14.6. The Labute approximate surface area is 115 Å². The summed E-state index contributed by atoms with van der Waals surface area (Å²) >= 11 is 1.62. The SMILES string of the molecule is Cc1nc(Cn2ncc(NC3CC3)cc2=O)sc1C. The summed E-state index contributed by atoms with van der Waals surface area (Å²) in [6.45, 7) is 4.46. The van der Waals surface area contributed by atoms with Crippen LogP contribution in [0.4, 0.5) is 5.69 Å². The fourth-order valence-electron chi connectivity index (χ4n) is 1.83. The molecule has 0 saturated heterocycles. The van der Waals surface area contributed by atoms with Gasteiger partial charge in [-0.15, -0.1) is 11.3 Å². The monoisotopic (exact) mass is 276 g/mol. The minimum absolute atomic E-state index is 0.0869. The van der Waals surface area contributed by atoms with Gasteiger partial charge in [-0.25, -0.2) is 9.67 Å². The molecule has 1 aliphatic carbocycles. The average Bonchev–Trinajstić information content (AvgIpc) is 3.10. The number of hydrogen-bond donors (Lipinski definition) is 1. The van der Waals surface area contributed by atoms with Gasteiger partial charge < -0.3 is 5.32 Å². The van der Waals surface area contributed by atoms with Crippen LogP contribution in [0.3, 0.4) is 0 Å². The number of nitrogens with one attached hydrogen (secondary N) is 1. The smallest absolute Gasteiger partial charge is 0.269 e. The molecule has 1 saturated carbocycles. The van der Waals surface area contributed by atoms with Crippen LogP contribution in [0.1, 0.15) is 28.4 Å². The van der Waals surface area contributed by atoms with Crippen molar-refractivity contribution in [1.29, 1.82) is 0 Å². The standard InChI is InChI=1S/C13H16N4OS/c1-8-9(2)19-12(15-8)7-17-13(18)5-11(6-14-17)16-10-3-4-10/h5-6,10,16H,3-4,7H2,1-2H3. The molecule has 0 aromatic carbocycles. The third-order valence-corrected chi connectivity index (χ3v) is 4.23. The van der Waals surface area contributed by atoms with Gasteiger partial charge in [0.05, 0.1) is 24.1 Å². The number of thiazole rings is 1. The van der Waals surface area contributed by atoms with E-state index < -0.39 is 0 Å². The topological polar surface area (TPSA) is 59.8 Å². The fourth-order valence-corrected chi connectivity index (χ4v) is 2.75. The lowest BCUT2D eigenvalue weighted by atomic mass is 10.4. The molecule has 0 spiro atoms. The van der Waals surface area contributed by atoms with E-state index in [-0.39, 0.29) is 5.56 Å². The lowest BCUT2D eigenvalue weighted by Gasteiger charge is -2.05. The summed E-state index contributed by atoms with van der Waals surface area (Å²) in [6.07, 6.45) is 4.08. The molecule has 0 aliphatic heterocycles. The van der Waals surface area contributed by atoms with E-state index in [4.69, 9.17) is 0 Å². The van der Waals surface area contributed by atoms with Crippen LogP contribution in [0.2, 0.25) is 0 Å². The summed E-state index contributed by atoms with van der Waals surface area (Å²) in [6, 6.07) is 2.14. The molecule has 0 bridgehead atoms. The summed E-state index contributed by atoms with van der Waals surface area (Å²) in [5.41, 5.74) is 1.76. The molecule has 2 aromatic rings. The maximum absolute atomic E-state index is 12.0. The number of aromatic nitrogens is 3. The van der Waals surface area contributed by atoms with Crippen LogP contribution in [-0.4, -0.2) is 20.8 Å². The highest BCUT2D eigenvalue weighted by Crippen LogP contribution is 2.23. The molecule has 19 heavy (non-hydrogen) atoms. The Balaban J connectivity index is 1.78. The lowest BCUT2D eigenvalue weighted by molar-refractivity contribution is 0.636. The first kappa shape index (κ1) is 12.3. The Bertz CT molecular complexity index is 637. The molecule has 1 aliphatic rings. The molecule has 2 heterocycles. The molecule has 0 atom stereocenters. The Morgan fingerprint density at radius 1 is 1.47 bits per heavy atom. The van der Waals surface area contributed by atoms with Crippen molar-refractivity contribution in [3.8, 4) is 0 Å². The predicted molar refractivity (Wildman–Crippen MR) is 75.8 cm³/mol. The largest absolute Gasteiger partial charge is 0.381 e. The minimum atomic E-state index is -0.0869. The second-order valence-corrected chi connectivity index (χ2v) is 6.20. The molecule has 2 aromatic heterocycles. The highest BCUT2D eigenvalue weighted by molar-refractivity contribution is 7.11. The van der Waals surface area contributed by atoms with Crippen LogP contribution in [0, 0.1) is 13.8 Å². The van der Waals surface area contributed by atoms with E-state index >= 15 is 0 Å². The predicted octanol–water partition coefficient (Wildman–Crippen LogP) is 1.94. The van der Waals surface area contributed by atoms with Crippen LogP contribution in [0.15, 0.2) is 17.1 Å². The third-order valence-electron chi connectivity index (χ3n) is 3.18. The van der Waals surface area contributed by atoms with Crippen LogP contribution in [-0.2, 0) is 6.54 Å². The molecule has 5 nitrogen and oxygen atoms in total. The van der Waals surface area contributed by atoms with Crippen LogP contribution in [0.5, 0.6) is 0 Å². The Hall–Kier alpha value is -1.69. The first-order valence-corrected chi connectivity index (χ1v) is 7.20. The third kappa shape index (κ3) is 2.84.